The first kappa shape index (κ1) is 16.7. The van der Waals surface area contributed by atoms with Crippen LogP contribution >= 0.6 is 0 Å². The highest BCUT2D eigenvalue weighted by atomic mass is 16.5. The molecule has 1 aliphatic heterocycles. The first-order valence-corrected chi connectivity index (χ1v) is 9.25. The Balaban J connectivity index is 1.77. The Bertz CT molecular complexity index is 989. The molecule has 134 valence electrons. The van der Waals surface area contributed by atoms with Crippen molar-refractivity contribution in [2.45, 2.75) is 39.7 Å². The van der Waals surface area contributed by atoms with Gasteiger partial charge in [0.25, 0.3) is 0 Å². The van der Waals surface area contributed by atoms with Gasteiger partial charge in [-0.1, -0.05) is 32.4 Å². The summed E-state index contributed by atoms with van der Waals surface area (Å²) < 4.78 is 11.6. The first-order valence-electron chi connectivity index (χ1n) is 9.25. The molecule has 2 aromatic carbocycles. The molecule has 4 nitrogen and oxygen atoms in total. The number of nitrogens with zero attached hydrogens (tertiary/aromatic N) is 1. The fraction of sp³-hybridized carbons (Fsp3) is 0.318. The van der Waals surface area contributed by atoms with Crippen LogP contribution in [0, 0.1) is 0 Å². The molecule has 3 aromatic rings. The average molecular weight is 349 g/mol. The van der Waals surface area contributed by atoms with Crippen LogP contribution in [0.15, 0.2) is 51.7 Å². The van der Waals surface area contributed by atoms with Crippen molar-refractivity contribution in [3.63, 3.8) is 0 Å². The van der Waals surface area contributed by atoms with Crippen LogP contribution in [0.3, 0.4) is 0 Å². The molecule has 0 unspecified atom stereocenters. The molecule has 0 saturated heterocycles. The molecule has 4 rings (SSSR count). The third-order valence-corrected chi connectivity index (χ3v) is 5.01. The number of rotatable bonds is 4. The molecule has 0 fully saturated rings. The summed E-state index contributed by atoms with van der Waals surface area (Å²) in [4.78, 5) is 14.2. The van der Waals surface area contributed by atoms with Crippen LogP contribution in [0.2, 0.25) is 0 Å². The zero-order chi connectivity index (χ0) is 18.1. The lowest BCUT2D eigenvalue weighted by Crippen LogP contribution is -2.32. The van der Waals surface area contributed by atoms with Crippen LogP contribution in [0.4, 0.5) is 5.69 Å². The molecule has 0 radical (unpaired) electrons. The Labute approximate surface area is 153 Å². The Morgan fingerprint density at radius 2 is 1.88 bits per heavy atom. The predicted octanol–water partition coefficient (Wildman–Crippen LogP) is 4.66. The molecule has 0 spiro atoms. The van der Waals surface area contributed by atoms with Gasteiger partial charge in [0.2, 0.25) is 0 Å². The molecule has 26 heavy (non-hydrogen) atoms. The monoisotopic (exact) mass is 349 g/mol. The molecule has 1 aromatic heterocycles. The van der Waals surface area contributed by atoms with E-state index in [2.05, 4.69) is 43.0 Å². The van der Waals surface area contributed by atoms with Crippen LogP contribution in [0.5, 0.6) is 5.75 Å². The SMILES string of the molecule is CCCc1cc(=O)oc2c3c(ccc12)OCN(c1ccc(CC)cc1)C3. The maximum absolute atomic E-state index is 12.1. The number of fused-ring (bicyclic) bond motifs is 3. The van der Waals surface area contributed by atoms with E-state index in [1.165, 1.54) is 5.56 Å². The lowest BCUT2D eigenvalue weighted by molar-refractivity contribution is 0.289. The Morgan fingerprint density at radius 1 is 1.08 bits per heavy atom. The summed E-state index contributed by atoms with van der Waals surface area (Å²) in [6, 6.07) is 14.2. The fourth-order valence-electron chi connectivity index (χ4n) is 3.58. The minimum Gasteiger partial charge on any atom is -0.473 e. The van der Waals surface area contributed by atoms with E-state index in [0.717, 1.165) is 47.2 Å². The van der Waals surface area contributed by atoms with Crippen LogP contribution in [-0.4, -0.2) is 6.73 Å². The van der Waals surface area contributed by atoms with Gasteiger partial charge in [-0.2, -0.15) is 0 Å². The van der Waals surface area contributed by atoms with Gasteiger partial charge in [-0.3, -0.25) is 0 Å². The van der Waals surface area contributed by atoms with Gasteiger partial charge >= 0.3 is 5.63 Å². The van der Waals surface area contributed by atoms with Gasteiger partial charge in [0.15, 0.2) is 6.73 Å². The highest BCUT2D eigenvalue weighted by Gasteiger charge is 2.22. The zero-order valence-corrected chi connectivity index (χ0v) is 15.2. The topological polar surface area (TPSA) is 42.7 Å². The van der Waals surface area contributed by atoms with Crippen molar-refractivity contribution < 1.29 is 9.15 Å². The van der Waals surface area contributed by atoms with Crippen molar-refractivity contribution in [3.05, 3.63) is 69.6 Å². The van der Waals surface area contributed by atoms with Gasteiger partial charge in [0.1, 0.15) is 11.3 Å². The van der Waals surface area contributed by atoms with E-state index in [4.69, 9.17) is 9.15 Å². The summed E-state index contributed by atoms with van der Waals surface area (Å²) in [5.41, 5.74) is 4.78. The minimum absolute atomic E-state index is 0.293. The van der Waals surface area contributed by atoms with Gasteiger partial charge in [0.05, 0.1) is 12.1 Å². The van der Waals surface area contributed by atoms with E-state index < -0.39 is 0 Å². The molecule has 0 saturated carbocycles. The number of anilines is 1. The number of hydrogen-bond acceptors (Lipinski definition) is 4. The molecular formula is C22H23NO3. The first-order chi connectivity index (χ1) is 12.7. The number of ether oxygens (including phenoxy) is 1. The zero-order valence-electron chi connectivity index (χ0n) is 15.2. The minimum atomic E-state index is -0.293. The largest absolute Gasteiger partial charge is 0.473 e. The molecule has 4 heteroatoms. The Hall–Kier alpha value is -2.75. The second-order valence-corrected chi connectivity index (χ2v) is 6.75. The summed E-state index contributed by atoms with van der Waals surface area (Å²) in [6.45, 7) is 5.42. The van der Waals surface area contributed by atoms with Gasteiger partial charge in [0, 0.05) is 17.1 Å². The highest BCUT2D eigenvalue weighted by Crippen LogP contribution is 2.35. The molecule has 0 atom stereocenters. The molecule has 0 bridgehead atoms. The van der Waals surface area contributed by atoms with Crippen molar-refractivity contribution in [1.82, 2.24) is 0 Å². The van der Waals surface area contributed by atoms with E-state index in [1.807, 2.05) is 12.1 Å². The fourth-order valence-corrected chi connectivity index (χ4v) is 3.58. The molecule has 0 aliphatic carbocycles. The third kappa shape index (κ3) is 2.96. The summed E-state index contributed by atoms with van der Waals surface area (Å²) in [6.07, 6.45) is 2.88. The van der Waals surface area contributed by atoms with Crippen molar-refractivity contribution in [2.75, 3.05) is 11.6 Å². The maximum atomic E-state index is 12.1. The number of benzene rings is 2. The van der Waals surface area contributed by atoms with Crippen molar-refractivity contribution >= 4 is 16.7 Å². The number of aryl methyl sites for hydroxylation is 2. The van der Waals surface area contributed by atoms with Gasteiger partial charge in [-0.15, -0.1) is 0 Å². The van der Waals surface area contributed by atoms with Gasteiger partial charge in [-0.05, 0) is 48.2 Å². The van der Waals surface area contributed by atoms with Gasteiger partial charge < -0.3 is 14.1 Å². The smallest absolute Gasteiger partial charge is 0.336 e. The van der Waals surface area contributed by atoms with Gasteiger partial charge in [-0.25, -0.2) is 4.79 Å². The second-order valence-electron chi connectivity index (χ2n) is 6.75. The van der Waals surface area contributed by atoms with Crippen LogP contribution in [0.1, 0.15) is 37.0 Å². The predicted molar refractivity (Wildman–Crippen MR) is 104 cm³/mol. The summed E-state index contributed by atoms with van der Waals surface area (Å²) >= 11 is 0. The highest BCUT2D eigenvalue weighted by molar-refractivity contribution is 5.85. The molecule has 0 amide bonds. The van der Waals surface area contributed by atoms with Crippen molar-refractivity contribution in [1.29, 1.82) is 0 Å². The third-order valence-electron chi connectivity index (χ3n) is 5.01. The quantitative estimate of drug-likeness (QED) is 0.642. The van der Waals surface area contributed by atoms with E-state index >= 15 is 0 Å². The number of hydrogen-bond donors (Lipinski definition) is 0. The molecule has 2 heterocycles. The summed E-state index contributed by atoms with van der Waals surface area (Å²) in [7, 11) is 0. The Kier molecular flexibility index (Phi) is 4.41. The van der Waals surface area contributed by atoms with E-state index in [1.54, 1.807) is 6.07 Å². The van der Waals surface area contributed by atoms with Crippen LogP contribution in [0.25, 0.3) is 11.0 Å². The molecule has 0 N–H and O–H groups in total. The lowest BCUT2D eigenvalue weighted by atomic mass is 10.0. The molecule has 1 aliphatic rings. The summed E-state index contributed by atoms with van der Waals surface area (Å²) in [5, 5.41) is 1.01. The normalized spacial score (nSPS) is 13.5. The maximum Gasteiger partial charge on any atom is 0.336 e. The standard InChI is InChI=1S/C22H23NO3/c1-3-5-16-12-21(24)26-22-18(16)10-11-20-19(22)13-23(14-25-20)17-8-6-15(4-2)7-9-17/h6-12H,3-5,13-14H2,1-2H3. The van der Waals surface area contributed by atoms with Crippen molar-refractivity contribution in [3.8, 4) is 5.75 Å². The van der Waals surface area contributed by atoms with Crippen LogP contribution in [-0.2, 0) is 19.4 Å². The van der Waals surface area contributed by atoms with E-state index in [-0.39, 0.29) is 5.63 Å². The van der Waals surface area contributed by atoms with E-state index in [9.17, 15) is 4.79 Å². The second kappa shape index (κ2) is 6.87. The average Bonchev–Trinajstić information content (AvgIpc) is 2.67. The van der Waals surface area contributed by atoms with E-state index in [0.29, 0.717) is 18.9 Å². The molecular weight excluding hydrogens is 326 g/mol. The Morgan fingerprint density at radius 3 is 2.62 bits per heavy atom. The van der Waals surface area contributed by atoms with Crippen LogP contribution < -0.4 is 15.3 Å². The van der Waals surface area contributed by atoms with Crippen molar-refractivity contribution in [2.24, 2.45) is 0 Å². The lowest BCUT2D eigenvalue weighted by Gasteiger charge is -2.31. The summed E-state index contributed by atoms with van der Waals surface area (Å²) in [5.74, 6) is 0.802.